The normalized spacial score (nSPS) is 11.8. The third kappa shape index (κ3) is 3.27. The summed E-state index contributed by atoms with van der Waals surface area (Å²) in [6.45, 7) is 0. The molecule has 0 bridgehead atoms. The van der Waals surface area contributed by atoms with Gasteiger partial charge in [-0.05, 0) is 24.1 Å². The molecule has 1 aromatic carbocycles. The van der Waals surface area contributed by atoms with Gasteiger partial charge in [0, 0.05) is 0 Å². The van der Waals surface area contributed by atoms with Crippen LogP contribution in [-0.2, 0) is 20.7 Å². The van der Waals surface area contributed by atoms with E-state index in [4.69, 9.17) is 5.73 Å². The van der Waals surface area contributed by atoms with E-state index in [-0.39, 0.29) is 12.0 Å². The Bertz CT molecular complexity index is 461. The molecule has 0 aliphatic carbocycles. The van der Waals surface area contributed by atoms with Gasteiger partial charge in [0.25, 0.3) is 0 Å². The molecule has 1 rings (SSSR count). The number of carbonyl (C=O) groups is 2. The summed E-state index contributed by atoms with van der Waals surface area (Å²) in [5.74, 6) is -2.04. The van der Waals surface area contributed by atoms with Crippen LogP contribution < -0.4 is 5.73 Å². The molecule has 0 saturated heterocycles. The quantitative estimate of drug-likeness (QED) is 0.799. The molecule has 18 heavy (non-hydrogen) atoms. The standard InChI is InChI=1S/C12H14FNO4/c1-17-11(15)8-4-3-7(5-9(8)13)6-10(14)12(16)18-2/h3-5,10H,6,14H2,1-2H3/t10-/m0/s1. The number of halogens is 1. The third-order valence-corrected chi connectivity index (χ3v) is 2.40. The van der Waals surface area contributed by atoms with Crippen molar-refractivity contribution in [2.24, 2.45) is 5.73 Å². The van der Waals surface area contributed by atoms with Gasteiger partial charge in [0.15, 0.2) is 0 Å². The maximum atomic E-state index is 13.6. The lowest BCUT2D eigenvalue weighted by molar-refractivity contribution is -0.142. The first-order valence-corrected chi connectivity index (χ1v) is 5.19. The minimum atomic E-state index is -0.863. The summed E-state index contributed by atoms with van der Waals surface area (Å²) in [6, 6.07) is 3.09. The van der Waals surface area contributed by atoms with Crippen LogP contribution >= 0.6 is 0 Å². The number of benzene rings is 1. The van der Waals surface area contributed by atoms with Gasteiger partial charge in [-0.2, -0.15) is 0 Å². The van der Waals surface area contributed by atoms with Crippen LogP contribution in [-0.4, -0.2) is 32.2 Å². The summed E-state index contributed by atoms with van der Waals surface area (Å²) in [4.78, 5) is 22.3. The van der Waals surface area contributed by atoms with Gasteiger partial charge in [-0.25, -0.2) is 9.18 Å². The molecule has 0 spiro atoms. The summed E-state index contributed by atoms with van der Waals surface area (Å²) in [5, 5.41) is 0. The van der Waals surface area contributed by atoms with Gasteiger partial charge >= 0.3 is 11.9 Å². The summed E-state index contributed by atoms with van der Waals surface area (Å²) in [5.41, 5.74) is 5.88. The number of ether oxygens (including phenoxy) is 2. The zero-order valence-electron chi connectivity index (χ0n) is 10.1. The monoisotopic (exact) mass is 255 g/mol. The van der Waals surface area contributed by atoms with Crippen molar-refractivity contribution in [3.8, 4) is 0 Å². The Kier molecular flexibility index (Phi) is 4.79. The average molecular weight is 255 g/mol. The number of rotatable bonds is 4. The van der Waals surface area contributed by atoms with Crippen LogP contribution in [0.1, 0.15) is 15.9 Å². The fraction of sp³-hybridized carbons (Fsp3) is 0.333. The van der Waals surface area contributed by atoms with Crippen molar-refractivity contribution in [2.75, 3.05) is 14.2 Å². The topological polar surface area (TPSA) is 78.6 Å². The SMILES string of the molecule is COC(=O)c1ccc(C[C@H](N)C(=O)OC)cc1F. The molecular weight excluding hydrogens is 241 g/mol. The van der Waals surface area contributed by atoms with Crippen LogP contribution in [0.3, 0.4) is 0 Å². The van der Waals surface area contributed by atoms with Crippen LogP contribution in [0.25, 0.3) is 0 Å². The number of carbonyl (C=O) groups excluding carboxylic acids is 2. The highest BCUT2D eigenvalue weighted by Crippen LogP contribution is 2.13. The molecule has 1 atom stereocenters. The van der Waals surface area contributed by atoms with E-state index in [1.54, 1.807) is 0 Å². The Balaban J connectivity index is 2.85. The highest BCUT2D eigenvalue weighted by molar-refractivity contribution is 5.89. The predicted octanol–water partition coefficient (Wildman–Crippen LogP) is 0.655. The van der Waals surface area contributed by atoms with E-state index >= 15 is 0 Å². The van der Waals surface area contributed by atoms with Crippen molar-refractivity contribution in [1.82, 2.24) is 0 Å². The van der Waals surface area contributed by atoms with Gasteiger partial charge in [0.1, 0.15) is 11.9 Å². The Morgan fingerprint density at radius 2 is 2.00 bits per heavy atom. The second kappa shape index (κ2) is 6.11. The molecule has 2 N–H and O–H groups in total. The first kappa shape index (κ1) is 14.1. The van der Waals surface area contributed by atoms with E-state index in [9.17, 15) is 14.0 Å². The first-order valence-electron chi connectivity index (χ1n) is 5.19. The van der Waals surface area contributed by atoms with Crippen molar-refractivity contribution in [3.63, 3.8) is 0 Å². The molecule has 0 radical (unpaired) electrons. The molecule has 0 unspecified atom stereocenters. The molecule has 0 aliphatic rings. The van der Waals surface area contributed by atoms with Crippen LogP contribution in [0.4, 0.5) is 4.39 Å². The average Bonchev–Trinajstić information content (AvgIpc) is 2.37. The molecule has 0 fully saturated rings. The molecule has 0 heterocycles. The van der Waals surface area contributed by atoms with Crippen LogP contribution in [0.15, 0.2) is 18.2 Å². The van der Waals surface area contributed by atoms with E-state index in [1.807, 2.05) is 0 Å². The zero-order chi connectivity index (χ0) is 13.7. The molecule has 1 aromatic rings. The largest absolute Gasteiger partial charge is 0.468 e. The maximum Gasteiger partial charge on any atom is 0.340 e. The zero-order valence-corrected chi connectivity index (χ0v) is 10.1. The van der Waals surface area contributed by atoms with E-state index in [0.717, 1.165) is 6.07 Å². The minimum absolute atomic E-state index is 0.130. The van der Waals surface area contributed by atoms with E-state index < -0.39 is 23.8 Å². The highest BCUT2D eigenvalue weighted by Gasteiger charge is 2.17. The maximum absolute atomic E-state index is 13.6. The third-order valence-electron chi connectivity index (χ3n) is 2.40. The summed E-state index contributed by atoms with van der Waals surface area (Å²) < 4.78 is 22.4. The van der Waals surface area contributed by atoms with Crippen molar-refractivity contribution in [3.05, 3.63) is 35.1 Å². The molecule has 0 aromatic heterocycles. The molecule has 0 amide bonds. The van der Waals surface area contributed by atoms with Gasteiger partial charge in [0.2, 0.25) is 0 Å². The molecular formula is C12H14FNO4. The molecule has 98 valence electrons. The van der Waals surface area contributed by atoms with Crippen molar-refractivity contribution < 1.29 is 23.5 Å². The molecule has 6 heteroatoms. The first-order chi connectivity index (χ1) is 8.49. The Labute approximate surface area is 104 Å². The van der Waals surface area contributed by atoms with Crippen LogP contribution in [0.5, 0.6) is 0 Å². The van der Waals surface area contributed by atoms with Crippen molar-refractivity contribution in [1.29, 1.82) is 0 Å². The Morgan fingerprint density at radius 1 is 1.33 bits per heavy atom. The molecule has 0 saturated carbocycles. The molecule has 5 nitrogen and oxygen atoms in total. The summed E-state index contributed by atoms with van der Waals surface area (Å²) >= 11 is 0. The van der Waals surface area contributed by atoms with Gasteiger partial charge in [-0.15, -0.1) is 0 Å². The number of nitrogens with two attached hydrogens (primary N) is 1. The number of hydrogen-bond donors (Lipinski definition) is 1. The Morgan fingerprint density at radius 3 is 2.50 bits per heavy atom. The number of hydrogen-bond acceptors (Lipinski definition) is 5. The minimum Gasteiger partial charge on any atom is -0.468 e. The lowest BCUT2D eigenvalue weighted by Gasteiger charge is -2.10. The Hall–Kier alpha value is -1.95. The second-order valence-electron chi connectivity index (χ2n) is 3.64. The lowest BCUT2D eigenvalue weighted by Crippen LogP contribution is -2.33. The predicted molar refractivity (Wildman–Crippen MR) is 61.4 cm³/mol. The van der Waals surface area contributed by atoms with Crippen molar-refractivity contribution >= 4 is 11.9 Å². The fourth-order valence-corrected chi connectivity index (χ4v) is 1.45. The lowest BCUT2D eigenvalue weighted by atomic mass is 10.0. The van der Waals surface area contributed by atoms with Gasteiger partial charge < -0.3 is 15.2 Å². The number of esters is 2. The highest BCUT2D eigenvalue weighted by atomic mass is 19.1. The van der Waals surface area contributed by atoms with E-state index in [1.165, 1.54) is 26.4 Å². The summed E-state index contributed by atoms with van der Waals surface area (Å²) in [7, 11) is 2.39. The summed E-state index contributed by atoms with van der Waals surface area (Å²) in [6.07, 6.45) is 0.130. The van der Waals surface area contributed by atoms with Gasteiger partial charge in [-0.3, -0.25) is 4.79 Å². The fourth-order valence-electron chi connectivity index (χ4n) is 1.45. The van der Waals surface area contributed by atoms with Crippen molar-refractivity contribution in [2.45, 2.75) is 12.5 Å². The van der Waals surface area contributed by atoms with E-state index in [0.29, 0.717) is 5.56 Å². The van der Waals surface area contributed by atoms with Crippen LogP contribution in [0, 0.1) is 5.82 Å². The number of methoxy groups -OCH3 is 2. The van der Waals surface area contributed by atoms with Gasteiger partial charge in [0.05, 0.1) is 19.8 Å². The molecule has 0 aliphatic heterocycles. The smallest absolute Gasteiger partial charge is 0.340 e. The van der Waals surface area contributed by atoms with E-state index in [2.05, 4.69) is 9.47 Å². The van der Waals surface area contributed by atoms with Crippen LogP contribution in [0.2, 0.25) is 0 Å². The second-order valence-corrected chi connectivity index (χ2v) is 3.64. The van der Waals surface area contributed by atoms with Gasteiger partial charge in [-0.1, -0.05) is 6.07 Å².